The quantitative estimate of drug-likeness (QED) is 0.108. The lowest BCUT2D eigenvalue weighted by Crippen LogP contribution is -2.52. The average Bonchev–Trinajstić information content (AvgIpc) is 3.51. The SMILES string of the molecule is COc1cc(C(=O)N2CCC[C@@]3(C[C@@H]3C#Cc3cccc4c3CN([C@@H]3CCC(=O)NC3=O)C4=O)C2)ccc1NC(=O)[C@@H]1N[C@@H](CC(C)(C)C)[C@@]2(CNc3cc(Cl)ccc32)[C@H]1c1cccc(Cl)c1F. The van der Waals surface area contributed by atoms with Crippen LogP contribution in [-0.2, 0) is 26.3 Å². The van der Waals surface area contributed by atoms with Crippen molar-refractivity contribution in [2.45, 2.75) is 95.3 Å². The van der Waals surface area contributed by atoms with Gasteiger partial charge in [0, 0.05) is 88.7 Å². The van der Waals surface area contributed by atoms with Crippen LogP contribution in [0.3, 0.4) is 0 Å². The van der Waals surface area contributed by atoms with Crippen LogP contribution in [0, 0.1) is 34.4 Å². The fraction of sp³-hybridized carbons (Fsp3) is 0.415. The van der Waals surface area contributed by atoms with Crippen molar-refractivity contribution in [3.05, 3.63) is 122 Å². The van der Waals surface area contributed by atoms with Gasteiger partial charge in [-0.1, -0.05) is 80.1 Å². The summed E-state index contributed by atoms with van der Waals surface area (Å²) in [5.41, 5.74) is 3.88. The Morgan fingerprint density at radius 1 is 1.03 bits per heavy atom. The molecule has 3 saturated heterocycles. The summed E-state index contributed by atoms with van der Waals surface area (Å²) in [5, 5.41) is 13.2. The molecule has 0 aromatic heterocycles. The number of carbonyl (C=O) groups excluding carboxylic acids is 5. The molecule has 7 atom stereocenters. The number of nitrogens with one attached hydrogen (secondary N) is 4. The number of benzene rings is 4. The van der Waals surface area contributed by atoms with Gasteiger partial charge in [0.2, 0.25) is 17.7 Å². The van der Waals surface area contributed by atoms with Gasteiger partial charge >= 0.3 is 0 Å². The number of hydrogen-bond acceptors (Lipinski definition) is 8. The number of likely N-dealkylation sites (tertiary alicyclic amines) is 1. The minimum atomic E-state index is -0.901. The van der Waals surface area contributed by atoms with E-state index in [0.29, 0.717) is 59.2 Å². The van der Waals surface area contributed by atoms with Crippen LogP contribution in [0.2, 0.25) is 10.0 Å². The van der Waals surface area contributed by atoms with Gasteiger partial charge in [-0.15, -0.1) is 0 Å². The van der Waals surface area contributed by atoms with E-state index in [0.717, 1.165) is 41.6 Å². The maximum Gasteiger partial charge on any atom is 0.255 e. The summed E-state index contributed by atoms with van der Waals surface area (Å²) in [7, 11) is 1.49. The van der Waals surface area contributed by atoms with Crippen molar-refractivity contribution in [2.75, 3.05) is 37.4 Å². The molecule has 5 aliphatic heterocycles. The fourth-order valence-electron chi connectivity index (χ4n) is 11.8. The van der Waals surface area contributed by atoms with Crippen LogP contribution >= 0.6 is 23.2 Å². The van der Waals surface area contributed by atoms with Gasteiger partial charge in [-0.2, -0.15) is 0 Å². The van der Waals surface area contributed by atoms with E-state index in [2.05, 4.69) is 53.9 Å². The molecule has 15 heteroatoms. The monoisotopic (exact) mass is 958 g/mol. The lowest BCUT2D eigenvalue weighted by Gasteiger charge is -2.39. The third-order valence-electron chi connectivity index (χ3n) is 15.1. The van der Waals surface area contributed by atoms with Crippen molar-refractivity contribution in [1.29, 1.82) is 0 Å². The highest BCUT2D eigenvalue weighted by molar-refractivity contribution is 6.31. The van der Waals surface area contributed by atoms with Crippen LogP contribution in [0.15, 0.2) is 72.8 Å². The average molecular weight is 960 g/mol. The summed E-state index contributed by atoms with van der Waals surface area (Å²) in [4.78, 5) is 70.2. The zero-order valence-corrected chi connectivity index (χ0v) is 39.9. The molecule has 4 fully saturated rings. The molecule has 12 nitrogen and oxygen atoms in total. The number of methoxy groups -OCH3 is 1. The first kappa shape index (κ1) is 45.8. The minimum Gasteiger partial charge on any atom is -0.495 e. The van der Waals surface area contributed by atoms with Gasteiger partial charge in [0.25, 0.3) is 11.8 Å². The molecule has 0 radical (unpaired) electrons. The largest absolute Gasteiger partial charge is 0.495 e. The van der Waals surface area contributed by atoms with Crippen molar-refractivity contribution in [3.8, 4) is 17.6 Å². The number of nitrogens with zero attached hydrogens (tertiary/aromatic N) is 2. The lowest BCUT2D eigenvalue weighted by molar-refractivity contribution is -0.137. The molecular formula is C53H53Cl2FN6O6. The third kappa shape index (κ3) is 7.98. The lowest BCUT2D eigenvalue weighted by atomic mass is 9.63. The van der Waals surface area contributed by atoms with E-state index >= 15 is 4.39 Å². The smallest absolute Gasteiger partial charge is 0.255 e. The number of hydrogen-bond donors (Lipinski definition) is 4. The van der Waals surface area contributed by atoms with Crippen LogP contribution in [0.4, 0.5) is 15.8 Å². The summed E-state index contributed by atoms with van der Waals surface area (Å²) >= 11 is 12.9. The normalized spacial score (nSPS) is 27.0. The summed E-state index contributed by atoms with van der Waals surface area (Å²) in [6.45, 7) is 8.25. The molecule has 0 unspecified atom stereocenters. The zero-order valence-electron chi connectivity index (χ0n) is 38.4. The molecule has 352 valence electrons. The molecule has 10 rings (SSSR count). The molecule has 1 saturated carbocycles. The summed E-state index contributed by atoms with van der Waals surface area (Å²) < 4.78 is 22.2. The standard InChI is InChI=1S/C53H53Cl2FN6O6/c1-51(2,3)25-42-53(27-57-39-23-32(54)15-16-36(39)53)44(34-10-6-11-37(55)45(34)56)46(59-42)48(65)58-38-17-13-30(22-41(38)68-4)49(66)61-21-7-20-52(28-61)24-31(52)14-12-29-8-5-9-33-35(29)26-62(50(33)67)40-18-19-43(63)60-47(40)64/h5-6,8-11,13,15-17,22-23,31,40,42,44,46,57,59H,7,18-21,24-28H2,1-4H3,(H,58,65)(H,60,63,64)/t31-,40+,42-,44-,46+,52+,53-/m0/s1. The predicted octanol–water partition coefficient (Wildman–Crippen LogP) is 8.06. The van der Waals surface area contributed by atoms with Crippen molar-refractivity contribution >= 4 is 64.1 Å². The van der Waals surface area contributed by atoms with E-state index in [9.17, 15) is 24.0 Å². The maximum absolute atomic E-state index is 16.3. The van der Waals surface area contributed by atoms with E-state index < -0.39 is 35.1 Å². The first-order chi connectivity index (χ1) is 32.5. The van der Waals surface area contributed by atoms with Gasteiger partial charge in [-0.25, -0.2) is 4.39 Å². The number of piperidine rings is 2. The Morgan fingerprint density at radius 2 is 1.84 bits per heavy atom. The molecule has 5 amide bonds. The summed E-state index contributed by atoms with van der Waals surface area (Å²) in [5.74, 6) is 4.36. The number of ether oxygens (including phenoxy) is 1. The zero-order chi connectivity index (χ0) is 47.9. The number of carbonyl (C=O) groups is 5. The topological polar surface area (TPSA) is 149 Å². The Labute approximate surface area is 405 Å². The molecule has 4 aromatic rings. The molecule has 68 heavy (non-hydrogen) atoms. The van der Waals surface area contributed by atoms with Gasteiger partial charge in [0.15, 0.2) is 0 Å². The third-order valence-corrected chi connectivity index (χ3v) is 15.6. The Hall–Kier alpha value is -5.94. The van der Waals surface area contributed by atoms with E-state index in [1.54, 1.807) is 42.5 Å². The van der Waals surface area contributed by atoms with E-state index in [1.807, 2.05) is 29.2 Å². The second-order valence-electron chi connectivity index (χ2n) is 20.5. The number of anilines is 2. The Bertz CT molecular complexity index is 2870. The van der Waals surface area contributed by atoms with Crippen LogP contribution in [0.1, 0.15) is 108 Å². The molecule has 2 spiro atoms. The predicted molar refractivity (Wildman–Crippen MR) is 257 cm³/mol. The maximum atomic E-state index is 16.3. The Kier molecular flexibility index (Phi) is 11.6. The van der Waals surface area contributed by atoms with E-state index in [-0.39, 0.29) is 70.8 Å². The highest BCUT2D eigenvalue weighted by Gasteiger charge is 2.62. The minimum absolute atomic E-state index is 0.0274. The number of fused-ring (bicyclic) bond motifs is 3. The van der Waals surface area contributed by atoms with Crippen molar-refractivity contribution in [3.63, 3.8) is 0 Å². The Morgan fingerprint density at radius 3 is 2.62 bits per heavy atom. The number of imide groups is 1. The van der Waals surface area contributed by atoms with Crippen molar-refractivity contribution in [2.24, 2.45) is 16.7 Å². The second-order valence-corrected chi connectivity index (χ2v) is 21.4. The van der Waals surface area contributed by atoms with Gasteiger partial charge < -0.3 is 30.5 Å². The summed E-state index contributed by atoms with van der Waals surface area (Å²) in [6.07, 6.45) is 3.74. The number of amides is 5. The van der Waals surface area contributed by atoms with Gasteiger partial charge in [0.05, 0.1) is 23.9 Å². The van der Waals surface area contributed by atoms with Gasteiger partial charge in [0.1, 0.15) is 17.6 Å². The second kappa shape index (κ2) is 17.2. The van der Waals surface area contributed by atoms with Gasteiger partial charge in [-0.3, -0.25) is 29.3 Å². The number of halogens is 3. The highest BCUT2D eigenvalue weighted by atomic mass is 35.5. The van der Waals surface area contributed by atoms with E-state index in [1.165, 1.54) is 18.1 Å². The molecule has 6 aliphatic rings. The number of rotatable bonds is 7. The van der Waals surface area contributed by atoms with Crippen molar-refractivity contribution in [1.82, 2.24) is 20.4 Å². The fourth-order valence-corrected chi connectivity index (χ4v) is 12.1. The molecule has 4 aromatic carbocycles. The first-order valence-corrected chi connectivity index (χ1v) is 24.1. The molecule has 0 bridgehead atoms. The first-order valence-electron chi connectivity index (χ1n) is 23.3. The molecule has 4 N–H and O–H groups in total. The molecule has 5 heterocycles. The van der Waals surface area contributed by atoms with Crippen LogP contribution in [0.5, 0.6) is 5.75 Å². The highest BCUT2D eigenvalue weighted by Crippen LogP contribution is 2.59. The Balaban J connectivity index is 0.864. The van der Waals surface area contributed by atoms with Crippen LogP contribution in [-0.4, -0.2) is 84.2 Å². The van der Waals surface area contributed by atoms with Crippen LogP contribution < -0.4 is 26.0 Å². The summed E-state index contributed by atoms with van der Waals surface area (Å²) in [6, 6.07) is 19.2. The van der Waals surface area contributed by atoms with Crippen LogP contribution in [0.25, 0.3) is 0 Å². The van der Waals surface area contributed by atoms with Crippen molar-refractivity contribution < 1.29 is 33.1 Å². The molecular weight excluding hydrogens is 907 g/mol. The van der Waals surface area contributed by atoms with Gasteiger partial charge in [-0.05, 0) is 103 Å². The molecule has 1 aliphatic carbocycles. The van der Waals surface area contributed by atoms with E-state index in [4.69, 9.17) is 27.9 Å².